The molecule has 0 aromatic carbocycles. The van der Waals surface area contributed by atoms with E-state index >= 15 is 0 Å². The predicted octanol–water partition coefficient (Wildman–Crippen LogP) is 0.361. The van der Waals surface area contributed by atoms with E-state index in [1.165, 1.54) is 22.7 Å². The van der Waals surface area contributed by atoms with Crippen LogP contribution in [0.2, 0.25) is 0 Å². The van der Waals surface area contributed by atoms with Gasteiger partial charge in [0.2, 0.25) is 5.60 Å². The van der Waals surface area contributed by atoms with E-state index in [9.17, 15) is 9.90 Å². The van der Waals surface area contributed by atoms with Gasteiger partial charge in [-0.15, -0.1) is 22.7 Å². The van der Waals surface area contributed by atoms with E-state index in [0.717, 1.165) is 17.3 Å². The smallest absolute Gasteiger partial charge is 0.349 e. The second-order valence-electron chi connectivity index (χ2n) is 7.99. The standard InChI is InChI=1S/C19H22NO4S2.CH3Br.BrH/c1-20(2)12-9-11(10-13(20)17-16(12)24-17)23-18(21)19(22,14-5-3-7-25-14)15-6-4-8-26-15;1-2;/h3-8,11-13,16-17,22H,9-10H2,1-2H3;1H3;1H/q+1;;/p-1/t11?,12-,13+,16-,17+;;. The van der Waals surface area contributed by atoms with Crippen molar-refractivity contribution in [3.8, 4) is 0 Å². The lowest BCUT2D eigenvalue weighted by molar-refractivity contribution is -0.938. The molecule has 0 amide bonds. The van der Waals surface area contributed by atoms with Gasteiger partial charge in [0.15, 0.2) is 0 Å². The maximum absolute atomic E-state index is 13.1. The Bertz CT molecular complexity index is 773. The van der Waals surface area contributed by atoms with Crippen LogP contribution in [-0.2, 0) is 19.9 Å². The summed E-state index contributed by atoms with van der Waals surface area (Å²) >= 11 is 5.68. The number of likely N-dealkylation sites (N-methyl/N-ethyl adjacent to an activating group) is 1. The highest BCUT2D eigenvalue weighted by Gasteiger charge is 2.71. The molecule has 2 aromatic heterocycles. The number of ether oxygens (including phenoxy) is 2. The number of carbonyl (C=O) groups is 1. The van der Waals surface area contributed by atoms with Crippen LogP contribution in [-0.4, -0.2) is 65.9 Å². The largest absolute Gasteiger partial charge is 1.00 e. The Morgan fingerprint density at radius 3 is 2.03 bits per heavy atom. The van der Waals surface area contributed by atoms with Crippen LogP contribution >= 0.6 is 38.6 Å². The zero-order chi connectivity index (χ0) is 20.1. The van der Waals surface area contributed by atoms with Crippen LogP contribution in [0.4, 0.5) is 0 Å². The molecule has 3 saturated heterocycles. The van der Waals surface area contributed by atoms with E-state index in [0.29, 0.717) is 34.0 Å². The number of rotatable bonds is 4. The average molecular weight is 567 g/mol. The van der Waals surface area contributed by atoms with Gasteiger partial charge in [-0.3, -0.25) is 0 Å². The van der Waals surface area contributed by atoms with Gasteiger partial charge in [-0.2, -0.15) is 0 Å². The van der Waals surface area contributed by atoms with Crippen molar-refractivity contribution in [1.29, 1.82) is 0 Å². The summed E-state index contributed by atoms with van der Waals surface area (Å²) in [6.45, 7) is 0. The van der Waals surface area contributed by atoms with Gasteiger partial charge >= 0.3 is 5.97 Å². The molecule has 1 N–H and O–H groups in total. The number of hydrogen-bond acceptors (Lipinski definition) is 6. The number of thiophene rings is 2. The molecule has 5 rings (SSSR count). The minimum absolute atomic E-state index is 0. The number of hydrogen-bond donors (Lipinski definition) is 1. The molecule has 5 atom stereocenters. The highest BCUT2D eigenvalue weighted by atomic mass is 79.9. The summed E-state index contributed by atoms with van der Waals surface area (Å²) in [6.07, 6.45) is 2.05. The van der Waals surface area contributed by atoms with Crippen molar-refractivity contribution in [2.75, 3.05) is 19.9 Å². The van der Waals surface area contributed by atoms with Crippen LogP contribution in [0.15, 0.2) is 35.0 Å². The summed E-state index contributed by atoms with van der Waals surface area (Å²) in [5, 5.41) is 15.1. The lowest BCUT2D eigenvalue weighted by atomic mass is 9.95. The van der Waals surface area contributed by atoms with Crippen molar-refractivity contribution < 1.29 is 40.8 Å². The first-order valence-corrected chi connectivity index (χ1v) is 12.6. The van der Waals surface area contributed by atoms with Crippen molar-refractivity contribution >= 4 is 44.6 Å². The van der Waals surface area contributed by atoms with Crippen molar-refractivity contribution in [3.05, 3.63) is 44.8 Å². The molecule has 5 heterocycles. The monoisotopic (exact) mass is 565 g/mol. The first kappa shape index (κ1) is 23.4. The van der Waals surface area contributed by atoms with E-state index in [1.54, 1.807) is 12.1 Å². The predicted molar refractivity (Wildman–Crippen MR) is 114 cm³/mol. The maximum Gasteiger partial charge on any atom is 0.349 e. The minimum atomic E-state index is -1.72. The molecule has 0 spiro atoms. The van der Waals surface area contributed by atoms with Crippen molar-refractivity contribution in [3.63, 3.8) is 0 Å². The molecule has 1 unspecified atom stereocenters. The molecular formula is C20H25Br2NO4S2. The Kier molecular flexibility index (Phi) is 7.00. The van der Waals surface area contributed by atoms with Crippen molar-refractivity contribution in [2.45, 2.75) is 48.8 Å². The topological polar surface area (TPSA) is 59.1 Å². The molecule has 2 bridgehead atoms. The molecule has 5 nitrogen and oxygen atoms in total. The minimum Gasteiger partial charge on any atom is -1.00 e. The normalized spacial score (nSPS) is 31.0. The van der Waals surface area contributed by atoms with Crippen molar-refractivity contribution in [1.82, 2.24) is 0 Å². The number of piperidine rings is 1. The van der Waals surface area contributed by atoms with Gasteiger partial charge in [0.1, 0.15) is 30.4 Å². The van der Waals surface area contributed by atoms with Crippen molar-refractivity contribution in [2.24, 2.45) is 0 Å². The lowest BCUT2D eigenvalue weighted by Gasteiger charge is -2.45. The van der Waals surface area contributed by atoms with E-state index in [4.69, 9.17) is 9.47 Å². The van der Waals surface area contributed by atoms with Crippen LogP contribution in [0.25, 0.3) is 0 Å². The van der Waals surface area contributed by atoms with Crippen LogP contribution in [0.1, 0.15) is 22.6 Å². The summed E-state index contributed by atoms with van der Waals surface area (Å²) in [5.41, 5.74) is -1.72. The second-order valence-corrected chi connectivity index (χ2v) is 9.89. The fourth-order valence-electron chi connectivity index (χ4n) is 4.83. The van der Waals surface area contributed by atoms with Gasteiger partial charge < -0.3 is 36.0 Å². The fraction of sp³-hybridized carbons (Fsp3) is 0.550. The van der Waals surface area contributed by atoms with Gasteiger partial charge in [-0.05, 0) is 28.7 Å². The lowest BCUT2D eigenvalue weighted by Crippen LogP contribution is -3.00. The molecule has 3 aliphatic heterocycles. The number of carbonyl (C=O) groups excluding carboxylic acids is 1. The third kappa shape index (κ3) is 3.77. The number of epoxide rings is 1. The van der Waals surface area contributed by atoms with Gasteiger partial charge in [0.05, 0.1) is 23.8 Å². The van der Waals surface area contributed by atoms with Crippen LogP contribution in [0, 0.1) is 0 Å². The fourth-order valence-corrected chi connectivity index (χ4v) is 6.54. The summed E-state index contributed by atoms with van der Waals surface area (Å²) in [7, 11) is 4.49. The highest BCUT2D eigenvalue weighted by Crippen LogP contribution is 2.52. The number of esters is 1. The maximum atomic E-state index is 13.1. The molecule has 0 saturated carbocycles. The molecule has 2 aromatic rings. The molecular weight excluding hydrogens is 542 g/mol. The number of alkyl halides is 1. The highest BCUT2D eigenvalue weighted by molar-refractivity contribution is 9.08. The Morgan fingerprint density at radius 1 is 1.14 bits per heavy atom. The Balaban J connectivity index is 0.000000778. The molecule has 3 fully saturated rings. The zero-order valence-corrected chi connectivity index (χ0v) is 21.3. The Hall–Kier alpha value is -0.290. The van der Waals surface area contributed by atoms with Gasteiger partial charge in [0.25, 0.3) is 0 Å². The summed E-state index contributed by atoms with van der Waals surface area (Å²) in [4.78, 5) is 14.3. The Morgan fingerprint density at radius 2 is 1.62 bits per heavy atom. The zero-order valence-electron chi connectivity index (χ0n) is 16.5. The van der Waals surface area contributed by atoms with Crippen LogP contribution in [0.5, 0.6) is 0 Å². The third-order valence-corrected chi connectivity index (χ3v) is 8.32. The first-order chi connectivity index (χ1) is 13.4. The average Bonchev–Trinajstić information content (AvgIpc) is 3.06. The molecule has 9 heteroatoms. The quantitative estimate of drug-likeness (QED) is 0.251. The molecule has 0 radical (unpaired) electrons. The number of aliphatic hydroxyl groups is 1. The summed E-state index contributed by atoms with van der Waals surface area (Å²) in [6, 6.07) is 8.01. The second kappa shape index (κ2) is 8.68. The van der Waals surface area contributed by atoms with E-state index in [-0.39, 0.29) is 23.1 Å². The summed E-state index contributed by atoms with van der Waals surface area (Å²) < 4.78 is 12.6. The van der Waals surface area contributed by atoms with Gasteiger partial charge in [0, 0.05) is 12.8 Å². The number of morpholine rings is 1. The Labute approximate surface area is 198 Å². The van der Waals surface area contributed by atoms with E-state index in [2.05, 4.69) is 30.0 Å². The summed E-state index contributed by atoms with van der Waals surface area (Å²) in [5.74, 6) is 1.25. The number of fused-ring (bicyclic) bond motifs is 5. The number of halogens is 2. The van der Waals surface area contributed by atoms with Crippen LogP contribution < -0.4 is 17.0 Å². The van der Waals surface area contributed by atoms with Gasteiger partial charge in [-0.1, -0.05) is 28.1 Å². The molecule has 29 heavy (non-hydrogen) atoms. The molecule has 160 valence electrons. The van der Waals surface area contributed by atoms with Gasteiger partial charge in [-0.25, -0.2) is 4.79 Å². The SMILES string of the molecule is CBr.C[N+]1(C)[C@@H]2CC(OC(=O)C(O)(c3cccs3)c3cccs3)C[C@H]1[C@@H]1O[C@@H]12.[Br-]. The third-order valence-electron chi connectivity index (χ3n) is 6.36. The molecule has 0 aliphatic carbocycles. The van der Waals surface area contributed by atoms with E-state index in [1.807, 2.05) is 28.7 Å². The number of quaternary nitrogens is 1. The first-order valence-electron chi connectivity index (χ1n) is 9.30. The molecule has 3 aliphatic rings. The van der Waals surface area contributed by atoms with E-state index < -0.39 is 11.6 Å². The number of nitrogens with zero attached hydrogens (tertiary/aromatic N) is 1. The van der Waals surface area contributed by atoms with Crippen LogP contribution in [0.3, 0.4) is 0 Å².